The molecule has 0 heterocycles. The number of rotatable bonds is 2. The fraction of sp³-hybridized carbons (Fsp3) is 1.00. The first-order valence-electron chi connectivity index (χ1n) is 2.75. The van der Waals surface area contributed by atoms with E-state index >= 15 is 0 Å². The standard InChI is InChI=1S/C4H10O.F4Si/c1-3-5-4-2;1-5(2,3)4/h3-4H2,1-2H3;. The Labute approximate surface area is 58.7 Å². The van der Waals surface area contributed by atoms with E-state index in [-0.39, 0.29) is 0 Å². The Kier molecular flexibility index (Phi) is 8.81. The molecule has 0 unspecified atom stereocenters. The molecule has 0 aliphatic heterocycles. The van der Waals surface area contributed by atoms with Crippen LogP contribution in [0.4, 0.5) is 16.4 Å². The number of halogens is 4. The molecule has 0 amide bonds. The minimum absolute atomic E-state index is 0.844. The SMILES string of the molecule is CCOCC.F[Si](F)(F)F. The number of hydrogen-bond acceptors (Lipinski definition) is 1. The van der Waals surface area contributed by atoms with Crippen LogP contribution < -0.4 is 0 Å². The van der Waals surface area contributed by atoms with Crippen LogP contribution in [0.5, 0.6) is 0 Å². The van der Waals surface area contributed by atoms with E-state index in [0.29, 0.717) is 0 Å². The van der Waals surface area contributed by atoms with Gasteiger partial charge < -0.3 is 4.74 Å². The Bertz CT molecular complexity index is 56.8. The Morgan fingerprint density at radius 1 is 1.00 bits per heavy atom. The molecule has 0 aliphatic carbocycles. The van der Waals surface area contributed by atoms with Gasteiger partial charge in [-0.25, -0.2) is 16.4 Å². The van der Waals surface area contributed by atoms with Crippen LogP contribution in [0.2, 0.25) is 0 Å². The minimum atomic E-state index is -6.61. The largest absolute Gasteiger partial charge is 0.844 e. The Morgan fingerprint density at radius 2 is 1.20 bits per heavy atom. The summed E-state index contributed by atoms with van der Waals surface area (Å²) >= 11 is 0. The van der Waals surface area contributed by atoms with Crippen molar-refractivity contribution < 1.29 is 21.2 Å². The molecule has 0 saturated carbocycles. The minimum Gasteiger partial charge on any atom is -0.382 e. The lowest BCUT2D eigenvalue weighted by atomic mass is 10.8. The third kappa shape index (κ3) is 104. The summed E-state index contributed by atoms with van der Waals surface area (Å²) in [4.78, 5) is 0. The smallest absolute Gasteiger partial charge is 0.382 e. The molecule has 0 aliphatic rings. The van der Waals surface area contributed by atoms with Crippen molar-refractivity contribution in [3.8, 4) is 0 Å². The zero-order valence-electron chi connectivity index (χ0n) is 5.83. The van der Waals surface area contributed by atoms with Crippen LogP contribution in [-0.4, -0.2) is 22.6 Å². The molecule has 10 heavy (non-hydrogen) atoms. The highest BCUT2D eigenvalue weighted by Gasteiger charge is 2.39. The van der Waals surface area contributed by atoms with Crippen molar-refractivity contribution >= 4 is 9.41 Å². The van der Waals surface area contributed by atoms with E-state index in [9.17, 15) is 16.4 Å². The normalized spacial score (nSPS) is 10.2. The molecular weight excluding hydrogens is 168 g/mol. The van der Waals surface area contributed by atoms with Gasteiger partial charge in [-0.3, -0.25) is 0 Å². The summed E-state index contributed by atoms with van der Waals surface area (Å²) in [7, 11) is -6.61. The second kappa shape index (κ2) is 7.01. The Hall–Kier alpha value is -0.103. The van der Waals surface area contributed by atoms with Crippen LogP contribution in [0.15, 0.2) is 0 Å². The lowest BCUT2D eigenvalue weighted by Crippen LogP contribution is -2.02. The first kappa shape index (κ1) is 12.6. The van der Waals surface area contributed by atoms with E-state index in [2.05, 4.69) is 0 Å². The summed E-state index contributed by atoms with van der Waals surface area (Å²) < 4.78 is 44.1. The second-order valence-electron chi connectivity index (χ2n) is 1.21. The van der Waals surface area contributed by atoms with Gasteiger partial charge in [-0.15, -0.1) is 0 Å². The van der Waals surface area contributed by atoms with Crippen LogP contribution in [0.3, 0.4) is 0 Å². The molecule has 0 radical (unpaired) electrons. The highest BCUT2D eigenvalue weighted by Crippen LogP contribution is 2.06. The summed E-state index contributed by atoms with van der Waals surface area (Å²) in [5.41, 5.74) is 0. The molecule has 0 saturated heterocycles. The van der Waals surface area contributed by atoms with Gasteiger partial charge in [-0.05, 0) is 13.8 Å². The molecule has 0 rings (SSSR count). The van der Waals surface area contributed by atoms with Crippen molar-refractivity contribution in [1.82, 2.24) is 0 Å². The summed E-state index contributed by atoms with van der Waals surface area (Å²) in [6.45, 7) is 5.67. The molecule has 0 aromatic rings. The molecule has 6 heteroatoms. The van der Waals surface area contributed by atoms with Gasteiger partial charge in [0.15, 0.2) is 0 Å². The van der Waals surface area contributed by atoms with Gasteiger partial charge in [-0.1, -0.05) is 0 Å². The highest BCUT2D eigenvalue weighted by molar-refractivity contribution is 6.50. The van der Waals surface area contributed by atoms with Gasteiger partial charge in [0.2, 0.25) is 0 Å². The van der Waals surface area contributed by atoms with Gasteiger partial charge in [0.1, 0.15) is 0 Å². The van der Waals surface area contributed by atoms with Crippen LogP contribution in [0, 0.1) is 0 Å². The first-order chi connectivity index (χ1) is 4.41. The zero-order valence-corrected chi connectivity index (χ0v) is 6.83. The van der Waals surface area contributed by atoms with Crippen LogP contribution >= 0.6 is 0 Å². The predicted molar refractivity (Wildman–Crippen MR) is 32.4 cm³/mol. The monoisotopic (exact) mass is 178 g/mol. The van der Waals surface area contributed by atoms with Crippen molar-refractivity contribution in [2.45, 2.75) is 13.8 Å². The van der Waals surface area contributed by atoms with Crippen LogP contribution in [0.1, 0.15) is 13.8 Å². The van der Waals surface area contributed by atoms with Gasteiger partial charge in [-0.2, -0.15) is 0 Å². The lowest BCUT2D eigenvalue weighted by molar-refractivity contribution is 0.162. The maximum atomic E-state index is 9.83. The molecular formula is C4H10F4OSi. The van der Waals surface area contributed by atoms with Gasteiger partial charge in [0, 0.05) is 13.2 Å². The molecule has 0 fully saturated rings. The van der Waals surface area contributed by atoms with Gasteiger partial charge >= 0.3 is 9.41 Å². The van der Waals surface area contributed by atoms with E-state index in [1.54, 1.807) is 0 Å². The summed E-state index contributed by atoms with van der Waals surface area (Å²) in [5.74, 6) is 0. The molecule has 0 bridgehead atoms. The van der Waals surface area contributed by atoms with Crippen molar-refractivity contribution in [2.75, 3.05) is 13.2 Å². The molecule has 0 atom stereocenters. The maximum Gasteiger partial charge on any atom is 0.844 e. The summed E-state index contributed by atoms with van der Waals surface area (Å²) in [6.07, 6.45) is 0. The van der Waals surface area contributed by atoms with E-state index in [1.807, 2.05) is 13.8 Å². The Morgan fingerprint density at radius 3 is 1.20 bits per heavy atom. The van der Waals surface area contributed by atoms with Crippen molar-refractivity contribution in [2.24, 2.45) is 0 Å². The van der Waals surface area contributed by atoms with Crippen LogP contribution in [0.25, 0.3) is 0 Å². The quantitative estimate of drug-likeness (QED) is 0.358. The van der Waals surface area contributed by atoms with Gasteiger partial charge in [0.25, 0.3) is 0 Å². The van der Waals surface area contributed by atoms with E-state index < -0.39 is 9.41 Å². The molecule has 0 aromatic carbocycles. The van der Waals surface area contributed by atoms with Crippen LogP contribution in [-0.2, 0) is 4.74 Å². The fourth-order valence-corrected chi connectivity index (χ4v) is 0.204. The summed E-state index contributed by atoms with van der Waals surface area (Å²) in [6, 6.07) is 0. The first-order valence-corrected chi connectivity index (χ1v) is 4.26. The number of hydrogen-bond donors (Lipinski definition) is 0. The summed E-state index contributed by atoms with van der Waals surface area (Å²) in [5, 5.41) is 0. The lowest BCUT2D eigenvalue weighted by Gasteiger charge is -1.86. The molecule has 64 valence electrons. The van der Waals surface area contributed by atoms with Gasteiger partial charge in [0.05, 0.1) is 0 Å². The average Bonchev–Trinajstić information content (AvgIpc) is 1.63. The predicted octanol–water partition coefficient (Wildman–Crippen LogP) is 2.34. The Balaban J connectivity index is 0. The third-order valence-electron chi connectivity index (χ3n) is 0.408. The average molecular weight is 178 g/mol. The number of ether oxygens (including phenoxy) is 1. The van der Waals surface area contributed by atoms with Crippen molar-refractivity contribution in [1.29, 1.82) is 0 Å². The fourth-order valence-electron chi connectivity index (χ4n) is 0.204. The van der Waals surface area contributed by atoms with Crippen molar-refractivity contribution in [3.05, 3.63) is 0 Å². The third-order valence-corrected chi connectivity index (χ3v) is 0.408. The van der Waals surface area contributed by atoms with E-state index in [0.717, 1.165) is 13.2 Å². The molecule has 1 nitrogen and oxygen atoms in total. The maximum absolute atomic E-state index is 9.83. The molecule has 0 N–H and O–H groups in total. The van der Waals surface area contributed by atoms with Crippen molar-refractivity contribution in [3.63, 3.8) is 0 Å². The topological polar surface area (TPSA) is 9.23 Å². The van der Waals surface area contributed by atoms with E-state index in [4.69, 9.17) is 4.74 Å². The second-order valence-corrected chi connectivity index (χ2v) is 2.07. The molecule has 0 aromatic heterocycles. The van der Waals surface area contributed by atoms with E-state index in [1.165, 1.54) is 0 Å². The zero-order chi connectivity index (χ0) is 8.62. The highest BCUT2D eigenvalue weighted by atomic mass is 28.5. The molecule has 0 spiro atoms.